The molecule has 0 saturated carbocycles. The van der Waals surface area contributed by atoms with E-state index in [1.807, 2.05) is 30.3 Å². The van der Waals surface area contributed by atoms with Crippen molar-refractivity contribution < 1.29 is 18.3 Å². The molecule has 3 rings (SSSR count). The van der Waals surface area contributed by atoms with E-state index in [9.17, 15) is 13.5 Å². The van der Waals surface area contributed by atoms with Gasteiger partial charge in [0.05, 0.1) is 23.7 Å². The zero-order valence-corrected chi connectivity index (χ0v) is 18.9. The number of para-hydroxylation sites is 1. The number of nitrogens with one attached hydrogen (secondary N) is 1. The van der Waals surface area contributed by atoms with E-state index < -0.39 is 16.1 Å². The van der Waals surface area contributed by atoms with Gasteiger partial charge in [-0.1, -0.05) is 60.7 Å². The highest BCUT2D eigenvalue weighted by Crippen LogP contribution is 2.20. The molecule has 33 heavy (non-hydrogen) atoms. The maximum absolute atomic E-state index is 12.5. The maximum atomic E-state index is 12.5. The molecule has 3 aromatic carbocycles. The summed E-state index contributed by atoms with van der Waals surface area (Å²) < 4.78 is 33.4. The summed E-state index contributed by atoms with van der Waals surface area (Å²) in [7, 11) is -3.67. The summed E-state index contributed by atoms with van der Waals surface area (Å²) in [4.78, 5) is 0.190. The summed E-state index contributed by atoms with van der Waals surface area (Å²) in [5, 5.41) is 19.1. The van der Waals surface area contributed by atoms with Gasteiger partial charge < -0.3 is 9.84 Å². The third-order valence-corrected chi connectivity index (χ3v) is 6.25. The minimum Gasteiger partial charge on any atom is -0.493 e. The van der Waals surface area contributed by atoms with Crippen LogP contribution in [-0.4, -0.2) is 26.2 Å². The van der Waals surface area contributed by atoms with Gasteiger partial charge in [-0.3, -0.25) is 4.72 Å². The molecule has 0 radical (unpaired) electrons. The quantitative estimate of drug-likeness (QED) is 0.427. The molecule has 6 nitrogen and oxygen atoms in total. The highest BCUT2D eigenvalue weighted by Gasteiger charge is 2.13. The van der Waals surface area contributed by atoms with Crippen LogP contribution in [-0.2, 0) is 16.4 Å². The zero-order chi connectivity index (χ0) is 23.5. The minimum absolute atomic E-state index is 0.190. The molecular weight excluding hydrogens is 436 g/mol. The van der Waals surface area contributed by atoms with Crippen LogP contribution < -0.4 is 9.46 Å². The van der Waals surface area contributed by atoms with Gasteiger partial charge in [0, 0.05) is 18.5 Å². The largest absolute Gasteiger partial charge is 0.493 e. The van der Waals surface area contributed by atoms with Crippen LogP contribution in [0.15, 0.2) is 89.8 Å². The van der Waals surface area contributed by atoms with E-state index >= 15 is 0 Å². The second-order valence-corrected chi connectivity index (χ2v) is 9.06. The van der Waals surface area contributed by atoms with E-state index in [4.69, 9.17) is 10.00 Å². The van der Waals surface area contributed by atoms with Crippen LogP contribution in [0.4, 0.5) is 5.69 Å². The lowest BCUT2D eigenvalue weighted by atomic mass is 10.1. The molecule has 2 N–H and O–H groups in total. The Morgan fingerprint density at radius 3 is 2.58 bits per heavy atom. The number of sulfonamides is 1. The van der Waals surface area contributed by atoms with Crippen LogP contribution in [0.5, 0.6) is 5.75 Å². The molecule has 1 atom stereocenters. The van der Waals surface area contributed by atoms with Crippen LogP contribution in [0.3, 0.4) is 0 Å². The Hall–Kier alpha value is -3.60. The molecule has 0 aromatic heterocycles. The molecule has 3 aromatic rings. The van der Waals surface area contributed by atoms with Gasteiger partial charge >= 0.3 is 0 Å². The summed E-state index contributed by atoms with van der Waals surface area (Å²) in [6.07, 6.45) is 4.11. The van der Waals surface area contributed by atoms with Gasteiger partial charge in [-0.15, -0.1) is 0 Å². The maximum Gasteiger partial charge on any atom is 0.261 e. The molecule has 0 amide bonds. The smallest absolute Gasteiger partial charge is 0.261 e. The Morgan fingerprint density at radius 2 is 1.79 bits per heavy atom. The van der Waals surface area contributed by atoms with Gasteiger partial charge in [-0.2, -0.15) is 5.26 Å². The predicted molar refractivity (Wildman–Crippen MR) is 129 cm³/mol. The molecule has 0 heterocycles. The minimum atomic E-state index is -3.67. The standard InChI is InChI=1S/C26H26N2O4S/c27-18-7-10-22-9-4-5-14-26(22)32-19-17-24(29)16-15-21-8-6-11-23(20-21)28-33(30,31)25-12-2-1-3-13-25/h1-6,8-9,11-16,20,24,28-29H,7,10,17,19H2/b16-15+. The van der Waals surface area contributed by atoms with Crippen molar-refractivity contribution in [2.75, 3.05) is 11.3 Å². The van der Waals surface area contributed by atoms with Crippen LogP contribution in [0.1, 0.15) is 24.0 Å². The van der Waals surface area contributed by atoms with Crippen molar-refractivity contribution in [3.8, 4) is 11.8 Å². The Kier molecular flexibility index (Phi) is 8.64. The number of anilines is 1. The van der Waals surface area contributed by atoms with Crippen molar-refractivity contribution in [3.05, 3.63) is 96.1 Å². The van der Waals surface area contributed by atoms with Gasteiger partial charge in [0.25, 0.3) is 10.0 Å². The summed E-state index contributed by atoms with van der Waals surface area (Å²) in [6.45, 7) is 0.325. The molecule has 0 fully saturated rings. The number of nitriles is 1. The van der Waals surface area contributed by atoms with Gasteiger partial charge in [-0.05, 0) is 47.9 Å². The lowest BCUT2D eigenvalue weighted by Gasteiger charge is -2.12. The molecule has 0 aliphatic carbocycles. The van der Waals surface area contributed by atoms with E-state index in [2.05, 4.69) is 10.8 Å². The number of nitrogens with zero attached hydrogens (tertiary/aromatic N) is 1. The van der Waals surface area contributed by atoms with Crippen molar-refractivity contribution >= 4 is 21.8 Å². The number of ether oxygens (including phenoxy) is 1. The first-order valence-corrected chi connectivity index (χ1v) is 12.1. The van der Waals surface area contributed by atoms with Gasteiger partial charge in [0.1, 0.15) is 5.75 Å². The zero-order valence-electron chi connectivity index (χ0n) is 18.1. The fourth-order valence-corrected chi connectivity index (χ4v) is 4.24. The second kappa shape index (κ2) is 11.9. The summed E-state index contributed by atoms with van der Waals surface area (Å²) in [5.74, 6) is 0.724. The molecule has 7 heteroatoms. The normalized spacial score (nSPS) is 12.2. The van der Waals surface area contributed by atoms with Crippen molar-refractivity contribution in [1.82, 2.24) is 0 Å². The number of aliphatic hydroxyl groups is 1. The lowest BCUT2D eigenvalue weighted by molar-refractivity contribution is 0.178. The molecule has 0 spiro atoms. The number of benzene rings is 3. The van der Waals surface area contributed by atoms with Crippen molar-refractivity contribution in [2.45, 2.75) is 30.3 Å². The third-order valence-electron chi connectivity index (χ3n) is 4.85. The molecule has 1 unspecified atom stereocenters. The Labute approximate surface area is 194 Å². The molecule has 0 aliphatic heterocycles. The highest BCUT2D eigenvalue weighted by atomic mass is 32.2. The van der Waals surface area contributed by atoms with Crippen molar-refractivity contribution in [3.63, 3.8) is 0 Å². The number of rotatable bonds is 11. The monoisotopic (exact) mass is 462 g/mol. The van der Waals surface area contributed by atoms with E-state index in [0.717, 1.165) is 16.9 Å². The molecule has 0 aliphatic rings. The topological polar surface area (TPSA) is 99.4 Å². The van der Waals surface area contributed by atoms with Crippen LogP contribution in [0.2, 0.25) is 0 Å². The van der Waals surface area contributed by atoms with Crippen molar-refractivity contribution in [1.29, 1.82) is 5.26 Å². The van der Waals surface area contributed by atoms with E-state index in [0.29, 0.717) is 31.6 Å². The van der Waals surface area contributed by atoms with Crippen LogP contribution in [0, 0.1) is 11.3 Å². The number of aliphatic hydroxyl groups excluding tert-OH is 1. The lowest BCUT2D eigenvalue weighted by Crippen LogP contribution is -2.12. The second-order valence-electron chi connectivity index (χ2n) is 7.37. The van der Waals surface area contributed by atoms with Crippen LogP contribution >= 0.6 is 0 Å². The average Bonchev–Trinajstić information content (AvgIpc) is 2.83. The van der Waals surface area contributed by atoms with Crippen LogP contribution in [0.25, 0.3) is 6.08 Å². The molecule has 0 bridgehead atoms. The Bertz CT molecular complexity index is 1220. The molecule has 170 valence electrons. The first-order valence-electron chi connectivity index (χ1n) is 10.6. The first-order chi connectivity index (χ1) is 16.0. The van der Waals surface area contributed by atoms with Gasteiger partial charge in [0.15, 0.2) is 0 Å². The highest BCUT2D eigenvalue weighted by molar-refractivity contribution is 7.92. The number of hydrogen-bond donors (Lipinski definition) is 2. The number of hydrogen-bond acceptors (Lipinski definition) is 5. The fourth-order valence-electron chi connectivity index (χ4n) is 3.17. The average molecular weight is 463 g/mol. The predicted octanol–water partition coefficient (Wildman–Crippen LogP) is 4.79. The Balaban J connectivity index is 1.54. The summed E-state index contributed by atoms with van der Waals surface area (Å²) in [6, 6.07) is 24.8. The summed E-state index contributed by atoms with van der Waals surface area (Å²) >= 11 is 0. The first kappa shape index (κ1) is 24.1. The van der Waals surface area contributed by atoms with E-state index in [1.54, 1.807) is 48.6 Å². The van der Waals surface area contributed by atoms with E-state index in [-0.39, 0.29) is 4.90 Å². The molecular formula is C26H26N2O4S. The van der Waals surface area contributed by atoms with Crippen molar-refractivity contribution in [2.24, 2.45) is 0 Å². The van der Waals surface area contributed by atoms with Gasteiger partial charge in [-0.25, -0.2) is 8.42 Å². The SMILES string of the molecule is N#CCCc1ccccc1OCCC(O)/C=C/c1cccc(NS(=O)(=O)c2ccccc2)c1. The Morgan fingerprint density at radius 1 is 1.03 bits per heavy atom. The third kappa shape index (κ3) is 7.49. The van der Waals surface area contributed by atoms with Gasteiger partial charge in [0.2, 0.25) is 0 Å². The van der Waals surface area contributed by atoms with E-state index in [1.165, 1.54) is 12.1 Å². The summed E-state index contributed by atoms with van der Waals surface area (Å²) in [5.41, 5.74) is 2.16. The molecule has 0 saturated heterocycles. The fraction of sp³-hybridized carbons (Fsp3) is 0.192. The number of aryl methyl sites for hydroxylation is 1.